The van der Waals surface area contributed by atoms with Gasteiger partial charge in [-0.2, -0.15) is 0 Å². The average molecular weight is 483 g/mol. The van der Waals surface area contributed by atoms with Crippen LogP contribution in [0.15, 0.2) is 53.1 Å². The van der Waals surface area contributed by atoms with Crippen LogP contribution < -0.4 is 4.90 Å². The van der Waals surface area contributed by atoms with Gasteiger partial charge in [-0.3, -0.25) is 4.79 Å². The minimum absolute atomic E-state index is 0.0301. The third-order valence-corrected chi connectivity index (χ3v) is 8.61. The second kappa shape index (κ2) is 10.2. The van der Waals surface area contributed by atoms with Crippen LogP contribution in [-0.2, 0) is 34.0 Å². The molecular formula is C27H34N2O4S. The van der Waals surface area contributed by atoms with Gasteiger partial charge in [0.2, 0.25) is 5.91 Å². The summed E-state index contributed by atoms with van der Waals surface area (Å²) in [7, 11) is -3.12. The minimum Gasteiger partial charge on any atom is -0.464 e. The average Bonchev–Trinajstić information content (AvgIpc) is 3.41. The molecule has 0 radical (unpaired) electrons. The summed E-state index contributed by atoms with van der Waals surface area (Å²) in [5.41, 5.74) is 4.94. The Kier molecular flexibility index (Phi) is 7.31. The third kappa shape index (κ3) is 5.30. The maximum absolute atomic E-state index is 13.6. The fourth-order valence-corrected chi connectivity index (χ4v) is 6.52. The molecule has 2 heterocycles. The summed E-state index contributed by atoms with van der Waals surface area (Å²) in [5, 5.41) is 0.954. The molecule has 1 unspecified atom stereocenters. The van der Waals surface area contributed by atoms with Gasteiger partial charge in [0.05, 0.1) is 24.2 Å². The van der Waals surface area contributed by atoms with E-state index in [0.717, 1.165) is 47.3 Å². The van der Waals surface area contributed by atoms with Crippen LogP contribution in [0, 0.1) is 0 Å². The number of anilines is 1. The Balaban J connectivity index is 1.58. The predicted octanol–water partition coefficient (Wildman–Crippen LogP) is 4.60. The monoisotopic (exact) mass is 482 g/mol. The first kappa shape index (κ1) is 24.3. The molecule has 0 bridgehead atoms. The van der Waals surface area contributed by atoms with Gasteiger partial charge in [0, 0.05) is 42.3 Å². The van der Waals surface area contributed by atoms with Crippen LogP contribution in [0.5, 0.6) is 0 Å². The van der Waals surface area contributed by atoms with E-state index in [1.54, 1.807) is 11.2 Å². The summed E-state index contributed by atoms with van der Waals surface area (Å²) in [6.07, 6.45) is 3.24. The van der Waals surface area contributed by atoms with Crippen LogP contribution in [0.2, 0.25) is 0 Å². The Morgan fingerprint density at radius 1 is 1.03 bits per heavy atom. The lowest BCUT2D eigenvalue weighted by Crippen LogP contribution is -2.41. The smallest absolute Gasteiger partial charge is 0.227 e. The molecule has 1 atom stereocenters. The first-order valence-corrected chi connectivity index (χ1v) is 14.0. The van der Waals surface area contributed by atoms with E-state index in [9.17, 15) is 13.2 Å². The summed E-state index contributed by atoms with van der Waals surface area (Å²) in [6, 6.07) is 14.0. The molecule has 6 nitrogen and oxygen atoms in total. The summed E-state index contributed by atoms with van der Waals surface area (Å²) in [4.78, 5) is 17.6. The Hall–Kier alpha value is -2.80. The van der Waals surface area contributed by atoms with Crippen LogP contribution in [0.25, 0.3) is 11.0 Å². The van der Waals surface area contributed by atoms with Gasteiger partial charge < -0.3 is 14.2 Å². The second-order valence-electron chi connectivity index (χ2n) is 9.04. The molecule has 0 saturated carbocycles. The van der Waals surface area contributed by atoms with Crippen molar-refractivity contribution in [2.45, 2.75) is 52.6 Å². The van der Waals surface area contributed by atoms with Crippen molar-refractivity contribution in [3.63, 3.8) is 0 Å². The van der Waals surface area contributed by atoms with E-state index < -0.39 is 9.84 Å². The molecule has 4 rings (SSSR count). The number of carbonyl (C=O) groups excluding carboxylic acids is 1. The lowest BCUT2D eigenvalue weighted by atomic mass is 10.0. The van der Waals surface area contributed by atoms with Gasteiger partial charge in [0.25, 0.3) is 0 Å². The van der Waals surface area contributed by atoms with Gasteiger partial charge >= 0.3 is 0 Å². The first-order chi connectivity index (χ1) is 16.3. The number of carbonyl (C=O) groups is 1. The maximum atomic E-state index is 13.6. The van der Waals surface area contributed by atoms with Crippen LogP contribution in [0.4, 0.5) is 5.69 Å². The summed E-state index contributed by atoms with van der Waals surface area (Å²) in [6.45, 7) is 8.60. The van der Waals surface area contributed by atoms with Crippen LogP contribution in [0.3, 0.4) is 0 Å². The zero-order valence-electron chi connectivity index (χ0n) is 20.3. The fourth-order valence-electron chi connectivity index (χ4n) is 4.79. The van der Waals surface area contributed by atoms with Crippen LogP contribution in [0.1, 0.15) is 43.9 Å². The van der Waals surface area contributed by atoms with E-state index >= 15 is 0 Å². The van der Waals surface area contributed by atoms with Gasteiger partial charge in [0.15, 0.2) is 9.84 Å². The van der Waals surface area contributed by atoms with Crippen molar-refractivity contribution in [2.75, 3.05) is 29.5 Å². The van der Waals surface area contributed by atoms with Gasteiger partial charge in [-0.1, -0.05) is 25.1 Å². The number of furan rings is 1. The molecule has 1 aliphatic heterocycles. The van der Waals surface area contributed by atoms with E-state index in [2.05, 4.69) is 43.9 Å². The minimum atomic E-state index is -3.12. The highest BCUT2D eigenvalue weighted by molar-refractivity contribution is 7.91. The van der Waals surface area contributed by atoms with E-state index in [0.29, 0.717) is 13.0 Å². The largest absolute Gasteiger partial charge is 0.464 e. The van der Waals surface area contributed by atoms with Crippen molar-refractivity contribution in [2.24, 2.45) is 0 Å². The highest BCUT2D eigenvalue weighted by Crippen LogP contribution is 2.26. The Morgan fingerprint density at radius 3 is 2.35 bits per heavy atom. The van der Waals surface area contributed by atoms with Crippen LogP contribution in [-0.4, -0.2) is 49.9 Å². The lowest BCUT2D eigenvalue weighted by molar-refractivity contribution is -0.133. The molecule has 1 saturated heterocycles. The summed E-state index contributed by atoms with van der Waals surface area (Å²) < 4.78 is 30.1. The van der Waals surface area contributed by atoms with Crippen molar-refractivity contribution in [1.29, 1.82) is 0 Å². The number of hydrogen-bond donors (Lipinski definition) is 0. The SMILES string of the molecule is CCc1ccc2occ(CC(=O)N(Cc3ccc(N(CC)CC)cc3)C3CCS(=O)(=O)C3)c2c1. The lowest BCUT2D eigenvalue weighted by Gasteiger charge is -2.29. The normalized spacial score (nSPS) is 17.2. The van der Waals surface area contributed by atoms with Crippen molar-refractivity contribution in [3.05, 3.63) is 65.4 Å². The number of nitrogens with zero attached hydrogens (tertiary/aromatic N) is 2. The van der Waals surface area contributed by atoms with Crippen molar-refractivity contribution >= 4 is 32.4 Å². The van der Waals surface area contributed by atoms with Gasteiger partial charge in [0.1, 0.15) is 5.58 Å². The Labute approximate surface area is 202 Å². The topological polar surface area (TPSA) is 70.8 Å². The molecule has 2 aromatic carbocycles. The van der Waals surface area contributed by atoms with E-state index in [1.165, 1.54) is 5.56 Å². The number of rotatable bonds is 9. The number of hydrogen-bond acceptors (Lipinski definition) is 5. The van der Waals surface area contributed by atoms with Gasteiger partial charge in [-0.05, 0) is 62.1 Å². The molecule has 7 heteroatoms. The molecule has 1 aliphatic rings. The Bertz CT molecular complexity index is 1240. The molecule has 0 N–H and O–H groups in total. The Morgan fingerprint density at radius 2 is 1.74 bits per heavy atom. The fraction of sp³-hybridized carbons (Fsp3) is 0.444. The van der Waals surface area contributed by atoms with E-state index in [4.69, 9.17) is 4.42 Å². The summed E-state index contributed by atoms with van der Waals surface area (Å²) in [5.74, 6) is 0.0960. The number of aryl methyl sites for hydroxylation is 1. The third-order valence-electron chi connectivity index (χ3n) is 6.86. The quantitative estimate of drug-likeness (QED) is 0.446. The highest BCUT2D eigenvalue weighted by Gasteiger charge is 2.35. The van der Waals surface area contributed by atoms with Gasteiger partial charge in [-0.15, -0.1) is 0 Å². The van der Waals surface area contributed by atoms with Gasteiger partial charge in [-0.25, -0.2) is 8.42 Å². The van der Waals surface area contributed by atoms with E-state index in [-0.39, 0.29) is 29.9 Å². The molecule has 1 fully saturated rings. The highest BCUT2D eigenvalue weighted by atomic mass is 32.2. The molecule has 0 aliphatic carbocycles. The summed E-state index contributed by atoms with van der Waals surface area (Å²) >= 11 is 0. The number of benzene rings is 2. The number of amides is 1. The number of sulfone groups is 1. The van der Waals surface area contributed by atoms with Crippen LogP contribution >= 0.6 is 0 Å². The molecule has 0 spiro atoms. The maximum Gasteiger partial charge on any atom is 0.227 e. The molecule has 1 aromatic heterocycles. The molecule has 182 valence electrons. The molecule has 34 heavy (non-hydrogen) atoms. The zero-order chi connectivity index (χ0) is 24.3. The molecular weight excluding hydrogens is 448 g/mol. The standard InChI is InChI=1S/C27H34N2O4S/c1-4-20-9-12-26-25(15-20)22(18-33-26)16-27(30)29(24-13-14-34(31,32)19-24)17-21-7-10-23(11-8-21)28(5-2)6-3/h7-12,15,18,24H,4-6,13-14,16-17,19H2,1-3H3. The van der Waals surface area contributed by atoms with E-state index in [1.807, 2.05) is 24.3 Å². The van der Waals surface area contributed by atoms with Crippen molar-refractivity contribution in [1.82, 2.24) is 4.90 Å². The van der Waals surface area contributed by atoms with Crippen molar-refractivity contribution in [3.8, 4) is 0 Å². The second-order valence-corrected chi connectivity index (χ2v) is 11.3. The first-order valence-electron chi connectivity index (χ1n) is 12.2. The molecule has 3 aromatic rings. The predicted molar refractivity (Wildman–Crippen MR) is 137 cm³/mol. The zero-order valence-corrected chi connectivity index (χ0v) is 21.1. The van der Waals surface area contributed by atoms with Crippen molar-refractivity contribution < 1.29 is 17.6 Å². The molecule has 1 amide bonds. The number of fused-ring (bicyclic) bond motifs is 1.